The third-order valence-electron chi connectivity index (χ3n) is 2.49. The highest BCUT2D eigenvalue weighted by molar-refractivity contribution is 14.1. The summed E-state index contributed by atoms with van der Waals surface area (Å²) < 4.78 is 1.10. The summed E-state index contributed by atoms with van der Waals surface area (Å²) in [5.74, 6) is 0. The average Bonchev–Trinajstić information content (AvgIpc) is 2.15. The van der Waals surface area contributed by atoms with E-state index in [0.717, 1.165) is 9.13 Å². The first-order valence-electron chi connectivity index (χ1n) is 5.02. The van der Waals surface area contributed by atoms with E-state index < -0.39 is 6.10 Å². The van der Waals surface area contributed by atoms with Crippen LogP contribution in [-0.4, -0.2) is 11.2 Å². The highest BCUT2D eigenvalue weighted by Crippen LogP contribution is 2.30. The smallest absolute Gasteiger partial charge is 0.0781 e. The zero-order valence-electron chi connectivity index (χ0n) is 9.37. The molecule has 0 aliphatic carbocycles. The molecule has 0 aromatic heterocycles. The Hall–Kier alpha value is -0.130. The minimum absolute atomic E-state index is 0.196. The Kier molecular flexibility index (Phi) is 4.14. The van der Waals surface area contributed by atoms with Crippen LogP contribution in [0.1, 0.15) is 32.4 Å². The van der Waals surface area contributed by atoms with Crippen LogP contribution in [0.4, 0.5) is 0 Å². The van der Waals surface area contributed by atoms with Gasteiger partial charge < -0.3 is 10.8 Å². The monoisotopic (exact) mass is 319 g/mol. The number of halogens is 1. The van der Waals surface area contributed by atoms with Crippen LogP contribution in [-0.2, 0) is 0 Å². The molecule has 0 spiro atoms. The summed E-state index contributed by atoms with van der Waals surface area (Å²) in [4.78, 5) is 0. The van der Waals surface area contributed by atoms with Gasteiger partial charge in [-0.1, -0.05) is 39.0 Å². The lowest BCUT2D eigenvalue weighted by atomic mass is 9.82. The summed E-state index contributed by atoms with van der Waals surface area (Å²) in [7, 11) is 0. The summed E-state index contributed by atoms with van der Waals surface area (Å²) in [5, 5.41) is 10.1. The topological polar surface area (TPSA) is 46.2 Å². The van der Waals surface area contributed by atoms with E-state index in [1.807, 2.05) is 45.0 Å². The molecule has 15 heavy (non-hydrogen) atoms. The molecule has 2 nitrogen and oxygen atoms in total. The van der Waals surface area contributed by atoms with Gasteiger partial charge in [0.15, 0.2) is 0 Å². The summed E-state index contributed by atoms with van der Waals surface area (Å²) in [6.07, 6.45) is -0.534. The van der Waals surface area contributed by atoms with Crippen molar-refractivity contribution >= 4 is 22.6 Å². The van der Waals surface area contributed by atoms with Gasteiger partial charge in [0.1, 0.15) is 0 Å². The van der Waals surface area contributed by atoms with Crippen LogP contribution in [0.2, 0.25) is 0 Å². The molecule has 0 aliphatic rings. The number of aliphatic hydroxyl groups is 1. The molecule has 1 rings (SSSR count). The minimum atomic E-state index is -0.534. The Morgan fingerprint density at radius 2 is 1.80 bits per heavy atom. The van der Waals surface area contributed by atoms with Gasteiger partial charge in [0, 0.05) is 3.57 Å². The number of hydrogen-bond acceptors (Lipinski definition) is 2. The van der Waals surface area contributed by atoms with E-state index in [4.69, 9.17) is 5.73 Å². The zero-order chi connectivity index (χ0) is 11.6. The quantitative estimate of drug-likeness (QED) is 0.824. The number of hydrogen-bond donors (Lipinski definition) is 2. The Balaban J connectivity index is 2.95. The lowest BCUT2D eigenvalue weighted by Crippen LogP contribution is -2.37. The molecule has 3 heteroatoms. The van der Waals surface area contributed by atoms with Gasteiger partial charge >= 0.3 is 0 Å². The van der Waals surface area contributed by atoms with E-state index in [9.17, 15) is 5.11 Å². The van der Waals surface area contributed by atoms with Crippen molar-refractivity contribution in [1.29, 1.82) is 0 Å². The maximum atomic E-state index is 10.1. The Morgan fingerprint density at radius 3 is 2.27 bits per heavy atom. The van der Waals surface area contributed by atoms with Crippen molar-refractivity contribution in [3.05, 3.63) is 33.4 Å². The van der Waals surface area contributed by atoms with Crippen molar-refractivity contribution in [2.24, 2.45) is 11.1 Å². The predicted octanol–water partition coefficient (Wildman–Crippen LogP) is 2.70. The molecule has 0 amide bonds. The molecular formula is C12H18INO. The van der Waals surface area contributed by atoms with Crippen LogP contribution >= 0.6 is 22.6 Å². The van der Waals surface area contributed by atoms with E-state index in [2.05, 4.69) is 22.6 Å². The molecule has 3 N–H and O–H groups in total. The lowest BCUT2D eigenvalue weighted by Gasteiger charge is -2.31. The SMILES string of the molecule is CC(C)(C)[C@H](O)[C@H](N)c1ccccc1I. The second-order valence-electron chi connectivity index (χ2n) is 4.86. The molecule has 0 unspecified atom stereocenters. The highest BCUT2D eigenvalue weighted by Gasteiger charge is 2.29. The van der Waals surface area contributed by atoms with Gasteiger partial charge in [-0.15, -0.1) is 0 Å². The maximum Gasteiger partial charge on any atom is 0.0781 e. The van der Waals surface area contributed by atoms with Gasteiger partial charge in [0.25, 0.3) is 0 Å². The molecule has 84 valence electrons. The summed E-state index contributed by atoms with van der Waals surface area (Å²) >= 11 is 2.25. The maximum absolute atomic E-state index is 10.1. The predicted molar refractivity (Wildman–Crippen MR) is 71.5 cm³/mol. The Morgan fingerprint density at radius 1 is 1.27 bits per heavy atom. The fraction of sp³-hybridized carbons (Fsp3) is 0.500. The zero-order valence-corrected chi connectivity index (χ0v) is 11.5. The normalized spacial score (nSPS) is 16.1. The molecule has 0 radical (unpaired) electrons. The standard InChI is InChI=1S/C12H18INO/c1-12(2,3)11(15)10(14)8-6-4-5-7-9(8)13/h4-7,10-11,15H,14H2,1-3H3/t10-,11-/m1/s1. The van der Waals surface area contributed by atoms with Crippen molar-refractivity contribution in [3.63, 3.8) is 0 Å². The molecule has 0 aliphatic heterocycles. The Bertz CT molecular complexity index is 333. The second-order valence-corrected chi connectivity index (χ2v) is 6.02. The van der Waals surface area contributed by atoms with Gasteiger partial charge in [-0.3, -0.25) is 0 Å². The molecule has 1 aromatic rings. The number of rotatable bonds is 2. The molecule has 0 saturated heterocycles. The van der Waals surface area contributed by atoms with Crippen LogP contribution in [0.25, 0.3) is 0 Å². The van der Waals surface area contributed by atoms with E-state index in [1.54, 1.807) is 0 Å². The van der Waals surface area contributed by atoms with Crippen molar-refractivity contribution in [2.75, 3.05) is 0 Å². The van der Waals surface area contributed by atoms with Crippen LogP contribution in [0.15, 0.2) is 24.3 Å². The molecule has 0 bridgehead atoms. The number of benzene rings is 1. The first kappa shape index (κ1) is 12.9. The van der Waals surface area contributed by atoms with Gasteiger partial charge in [-0.2, -0.15) is 0 Å². The van der Waals surface area contributed by atoms with Crippen LogP contribution in [0.5, 0.6) is 0 Å². The third kappa shape index (κ3) is 3.16. The van der Waals surface area contributed by atoms with Crippen molar-refractivity contribution in [2.45, 2.75) is 32.9 Å². The minimum Gasteiger partial charge on any atom is -0.391 e. The van der Waals surface area contributed by atoms with Crippen molar-refractivity contribution in [3.8, 4) is 0 Å². The summed E-state index contributed by atoms with van der Waals surface area (Å²) in [5.41, 5.74) is 6.89. The van der Waals surface area contributed by atoms with Gasteiger partial charge in [-0.25, -0.2) is 0 Å². The van der Waals surface area contributed by atoms with Gasteiger partial charge in [-0.05, 0) is 39.6 Å². The molecule has 2 atom stereocenters. The van der Waals surface area contributed by atoms with E-state index in [-0.39, 0.29) is 11.5 Å². The number of aliphatic hydroxyl groups excluding tert-OH is 1. The Labute approximate surface area is 105 Å². The fourth-order valence-corrected chi connectivity index (χ4v) is 2.20. The van der Waals surface area contributed by atoms with Gasteiger partial charge in [0.2, 0.25) is 0 Å². The molecule has 1 aromatic carbocycles. The fourth-order valence-electron chi connectivity index (χ4n) is 1.45. The molecule has 0 fully saturated rings. The van der Waals surface area contributed by atoms with E-state index >= 15 is 0 Å². The highest BCUT2D eigenvalue weighted by atomic mass is 127. The van der Waals surface area contributed by atoms with Crippen molar-refractivity contribution in [1.82, 2.24) is 0 Å². The van der Waals surface area contributed by atoms with E-state index in [1.165, 1.54) is 0 Å². The third-order valence-corrected chi connectivity index (χ3v) is 3.47. The van der Waals surface area contributed by atoms with Crippen LogP contribution in [0.3, 0.4) is 0 Å². The first-order chi connectivity index (χ1) is 6.84. The largest absolute Gasteiger partial charge is 0.391 e. The van der Waals surface area contributed by atoms with Gasteiger partial charge in [0.05, 0.1) is 12.1 Å². The summed E-state index contributed by atoms with van der Waals surface area (Å²) in [6, 6.07) is 7.58. The van der Waals surface area contributed by atoms with Crippen LogP contribution in [0, 0.1) is 8.99 Å². The molecule has 0 heterocycles. The number of nitrogens with two attached hydrogens (primary N) is 1. The molecule has 0 saturated carbocycles. The second kappa shape index (κ2) is 4.80. The first-order valence-corrected chi connectivity index (χ1v) is 6.10. The summed E-state index contributed by atoms with van der Waals surface area (Å²) in [6.45, 7) is 5.98. The lowest BCUT2D eigenvalue weighted by molar-refractivity contribution is 0.0399. The average molecular weight is 319 g/mol. The molecular weight excluding hydrogens is 301 g/mol. The van der Waals surface area contributed by atoms with Crippen molar-refractivity contribution < 1.29 is 5.11 Å². The van der Waals surface area contributed by atoms with Crippen LogP contribution < -0.4 is 5.73 Å². The van der Waals surface area contributed by atoms with E-state index in [0.29, 0.717) is 0 Å².